The summed E-state index contributed by atoms with van der Waals surface area (Å²) in [6.45, 7) is 9.00. The first-order valence-electron chi connectivity index (χ1n) is 9.09. The maximum absolute atomic E-state index is 12.3. The molecule has 1 aromatic rings. The van der Waals surface area contributed by atoms with Gasteiger partial charge in [-0.3, -0.25) is 14.5 Å². The van der Waals surface area contributed by atoms with Crippen molar-refractivity contribution in [1.29, 1.82) is 0 Å². The van der Waals surface area contributed by atoms with Crippen LogP contribution in [0.25, 0.3) is 0 Å². The number of rotatable bonds is 8. The Labute approximate surface area is 155 Å². The minimum atomic E-state index is 0.184. The Morgan fingerprint density at radius 2 is 1.68 bits per heavy atom. The van der Waals surface area contributed by atoms with Crippen molar-refractivity contribution in [3.63, 3.8) is 0 Å². The first-order valence-corrected chi connectivity index (χ1v) is 10.1. The molecule has 0 saturated carbocycles. The normalized spacial score (nSPS) is 15.2. The average Bonchev–Trinajstić information content (AvgIpc) is 2.64. The van der Waals surface area contributed by atoms with E-state index in [1.54, 1.807) is 11.8 Å². The standard InChI is InChI=1S/C19H29N3O2S/c1-3-21(4-2)19(24)16-20-11-13-22(14-12-20)18(23)10-15-25-17-8-6-5-7-9-17/h5-9H,3-4,10-16H2,1-2H3. The van der Waals surface area contributed by atoms with E-state index >= 15 is 0 Å². The number of thioether (sulfide) groups is 1. The van der Waals surface area contributed by atoms with E-state index in [4.69, 9.17) is 0 Å². The SMILES string of the molecule is CCN(CC)C(=O)CN1CCN(C(=O)CCSc2ccccc2)CC1. The molecule has 0 aliphatic carbocycles. The van der Waals surface area contributed by atoms with Gasteiger partial charge in [-0.2, -0.15) is 0 Å². The van der Waals surface area contributed by atoms with E-state index in [1.165, 1.54) is 4.90 Å². The Balaban J connectivity index is 1.67. The minimum Gasteiger partial charge on any atom is -0.342 e. The van der Waals surface area contributed by atoms with Crippen molar-refractivity contribution in [3.05, 3.63) is 30.3 Å². The molecule has 0 spiro atoms. The number of likely N-dealkylation sites (N-methyl/N-ethyl adjacent to an activating group) is 1. The summed E-state index contributed by atoms with van der Waals surface area (Å²) in [7, 11) is 0. The fourth-order valence-corrected chi connectivity index (χ4v) is 3.82. The van der Waals surface area contributed by atoms with Gasteiger partial charge in [0.1, 0.15) is 0 Å². The van der Waals surface area contributed by atoms with Crippen molar-refractivity contribution in [2.75, 3.05) is 51.6 Å². The van der Waals surface area contributed by atoms with Crippen LogP contribution in [0.4, 0.5) is 0 Å². The highest BCUT2D eigenvalue weighted by Gasteiger charge is 2.23. The van der Waals surface area contributed by atoms with Crippen LogP contribution in [0.5, 0.6) is 0 Å². The molecule has 1 aliphatic heterocycles. The smallest absolute Gasteiger partial charge is 0.236 e. The van der Waals surface area contributed by atoms with Crippen molar-refractivity contribution >= 4 is 23.6 Å². The van der Waals surface area contributed by atoms with Gasteiger partial charge in [-0.25, -0.2) is 0 Å². The van der Waals surface area contributed by atoms with Crippen molar-refractivity contribution < 1.29 is 9.59 Å². The topological polar surface area (TPSA) is 43.9 Å². The van der Waals surface area contributed by atoms with Gasteiger partial charge in [0.2, 0.25) is 11.8 Å². The third-order valence-corrected chi connectivity index (χ3v) is 5.54. The van der Waals surface area contributed by atoms with E-state index < -0.39 is 0 Å². The molecule has 0 unspecified atom stereocenters. The second-order valence-electron chi connectivity index (χ2n) is 6.13. The van der Waals surface area contributed by atoms with Crippen LogP contribution in [0, 0.1) is 0 Å². The van der Waals surface area contributed by atoms with Crippen LogP contribution >= 0.6 is 11.8 Å². The number of carbonyl (C=O) groups excluding carboxylic acids is 2. The summed E-state index contributed by atoms with van der Waals surface area (Å²) in [4.78, 5) is 31.7. The van der Waals surface area contributed by atoms with Crippen LogP contribution < -0.4 is 0 Å². The summed E-state index contributed by atoms with van der Waals surface area (Å²) in [6, 6.07) is 10.2. The number of hydrogen-bond donors (Lipinski definition) is 0. The Kier molecular flexibility index (Phi) is 8.28. The van der Waals surface area contributed by atoms with E-state index in [0.29, 0.717) is 13.0 Å². The summed E-state index contributed by atoms with van der Waals surface area (Å²) in [5.74, 6) is 1.21. The highest BCUT2D eigenvalue weighted by molar-refractivity contribution is 7.99. The van der Waals surface area contributed by atoms with Gasteiger partial charge in [0.05, 0.1) is 6.54 Å². The summed E-state index contributed by atoms with van der Waals surface area (Å²) in [5.41, 5.74) is 0. The number of hydrogen-bond acceptors (Lipinski definition) is 4. The highest BCUT2D eigenvalue weighted by atomic mass is 32.2. The van der Waals surface area contributed by atoms with Crippen molar-refractivity contribution in [2.45, 2.75) is 25.2 Å². The summed E-state index contributed by atoms with van der Waals surface area (Å²) in [5, 5.41) is 0. The highest BCUT2D eigenvalue weighted by Crippen LogP contribution is 2.18. The van der Waals surface area contributed by atoms with Crippen molar-refractivity contribution in [1.82, 2.24) is 14.7 Å². The molecule has 0 radical (unpaired) electrons. The summed E-state index contributed by atoms with van der Waals surface area (Å²) >= 11 is 1.72. The zero-order valence-corrected chi connectivity index (χ0v) is 16.1. The van der Waals surface area contributed by atoms with Gasteiger partial charge in [0.15, 0.2) is 0 Å². The van der Waals surface area contributed by atoms with Gasteiger partial charge in [-0.05, 0) is 26.0 Å². The Morgan fingerprint density at radius 3 is 2.28 bits per heavy atom. The summed E-state index contributed by atoms with van der Waals surface area (Å²) < 4.78 is 0. The molecule has 2 amide bonds. The Morgan fingerprint density at radius 1 is 1.04 bits per heavy atom. The predicted octanol–water partition coefficient (Wildman–Crippen LogP) is 2.18. The lowest BCUT2D eigenvalue weighted by Gasteiger charge is -2.35. The number of amides is 2. The van der Waals surface area contributed by atoms with Crippen LogP contribution in [-0.4, -0.2) is 78.1 Å². The van der Waals surface area contributed by atoms with Crippen LogP contribution in [0.15, 0.2) is 35.2 Å². The van der Waals surface area contributed by atoms with Gasteiger partial charge < -0.3 is 9.80 Å². The second kappa shape index (κ2) is 10.5. The minimum absolute atomic E-state index is 0.184. The Hall–Kier alpha value is -1.53. The van der Waals surface area contributed by atoms with E-state index in [9.17, 15) is 9.59 Å². The van der Waals surface area contributed by atoms with Gasteiger partial charge in [0.25, 0.3) is 0 Å². The van der Waals surface area contributed by atoms with Crippen LogP contribution in [0.1, 0.15) is 20.3 Å². The number of benzene rings is 1. The molecule has 6 heteroatoms. The number of nitrogens with zero attached hydrogens (tertiary/aromatic N) is 3. The third-order valence-electron chi connectivity index (χ3n) is 4.53. The van der Waals surface area contributed by atoms with Crippen LogP contribution in [0.3, 0.4) is 0 Å². The molecule has 1 heterocycles. The lowest BCUT2D eigenvalue weighted by molar-refractivity contribution is -0.134. The zero-order valence-electron chi connectivity index (χ0n) is 15.3. The Bertz CT molecular complexity index is 541. The second-order valence-corrected chi connectivity index (χ2v) is 7.30. The fourth-order valence-electron chi connectivity index (χ4n) is 2.95. The fraction of sp³-hybridized carbons (Fsp3) is 0.579. The number of carbonyl (C=O) groups is 2. The van der Waals surface area contributed by atoms with Gasteiger partial charge in [0, 0.05) is 56.3 Å². The quantitative estimate of drug-likeness (QED) is 0.664. The molecule has 2 rings (SSSR count). The van der Waals surface area contributed by atoms with Gasteiger partial charge in [-0.1, -0.05) is 18.2 Å². The molecule has 0 aromatic heterocycles. The van der Waals surface area contributed by atoms with Crippen LogP contribution in [0.2, 0.25) is 0 Å². The maximum Gasteiger partial charge on any atom is 0.236 e. The van der Waals surface area contributed by atoms with Gasteiger partial charge in [-0.15, -0.1) is 11.8 Å². The van der Waals surface area contributed by atoms with E-state index in [2.05, 4.69) is 17.0 Å². The largest absolute Gasteiger partial charge is 0.342 e. The molecule has 0 bridgehead atoms. The van der Waals surface area contributed by atoms with E-state index in [-0.39, 0.29) is 11.8 Å². The first kappa shape index (κ1) is 19.8. The van der Waals surface area contributed by atoms with Crippen molar-refractivity contribution in [2.24, 2.45) is 0 Å². The molecule has 1 fully saturated rings. The molecule has 1 saturated heterocycles. The molecular formula is C19H29N3O2S. The molecule has 0 atom stereocenters. The molecule has 25 heavy (non-hydrogen) atoms. The molecule has 138 valence electrons. The lowest BCUT2D eigenvalue weighted by Crippen LogP contribution is -2.51. The molecule has 1 aliphatic rings. The summed E-state index contributed by atoms with van der Waals surface area (Å²) in [6.07, 6.45) is 0.567. The van der Waals surface area contributed by atoms with Crippen molar-refractivity contribution in [3.8, 4) is 0 Å². The van der Waals surface area contributed by atoms with Crippen LogP contribution in [-0.2, 0) is 9.59 Å². The molecule has 1 aromatic carbocycles. The third kappa shape index (κ3) is 6.36. The lowest BCUT2D eigenvalue weighted by atomic mass is 10.2. The number of piperazine rings is 1. The molecule has 0 N–H and O–H groups in total. The molecule has 5 nitrogen and oxygen atoms in total. The molecular weight excluding hydrogens is 334 g/mol. The zero-order chi connectivity index (χ0) is 18.1. The predicted molar refractivity (Wildman–Crippen MR) is 103 cm³/mol. The van der Waals surface area contributed by atoms with Gasteiger partial charge >= 0.3 is 0 Å². The van der Waals surface area contributed by atoms with E-state index in [1.807, 2.05) is 41.8 Å². The van der Waals surface area contributed by atoms with E-state index in [0.717, 1.165) is 45.0 Å². The monoisotopic (exact) mass is 363 g/mol. The maximum atomic E-state index is 12.3. The first-order chi connectivity index (χ1) is 12.1. The average molecular weight is 364 g/mol.